The summed E-state index contributed by atoms with van der Waals surface area (Å²) in [5.41, 5.74) is 0. The maximum Gasteiger partial charge on any atom is 0.0192 e. The second kappa shape index (κ2) is 4.84. The van der Waals surface area contributed by atoms with Crippen molar-refractivity contribution in [3.8, 4) is 0 Å². The molecule has 0 amide bonds. The van der Waals surface area contributed by atoms with Crippen molar-refractivity contribution in [1.29, 1.82) is 0 Å². The van der Waals surface area contributed by atoms with Gasteiger partial charge in [0.05, 0.1) is 0 Å². The molecule has 0 aromatic carbocycles. The Balaban J connectivity index is 1.64. The maximum atomic E-state index is 3.73. The molecule has 0 saturated heterocycles. The first-order valence-corrected chi connectivity index (χ1v) is 6.62. The van der Waals surface area contributed by atoms with Crippen LogP contribution in [0.1, 0.15) is 46.0 Å². The first-order chi connectivity index (χ1) is 7.16. The Morgan fingerprint density at radius 1 is 1.27 bits per heavy atom. The Kier molecular flexibility index (Phi) is 3.68. The fraction of sp³-hybridized carbons (Fsp3) is 1.00. The predicted molar refractivity (Wildman–Crippen MR) is 65.1 cm³/mol. The third kappa shape index (κ3) is 3.18. The Labute approximate surface area is 94.4 Å². The van der Waals surface area contributed by atoms with Gasteiger partial charge in [0.25, 0.3) is 0 Å². The summed E-state index contributed by atoms with van der Waals surface area (Å²) < 4.78 is 0. The predicted octanol–water partition coefficient (Wildman–Crippen LogP) is 2.25. The van der Waals surface area contributed by atoms with Crippen molar-refractivity contribution in [3.05, 3.63) is 0 Å². The first kappa shape index (κ1) is 11.4. The van der Waals surface area contributed by atoms with Crippen molar-refractivity contribution in [2.75, 3.05) is 13.6 Å². The molecule has 0 bridgehead atoms. The van der Waals surface area contributed by atoms with Gasteiger partial charge in [0.15, 0.2) is 0 Å². The molecule has 0 aliphatic heterocycles. The standard InChI is InChI=1S/C13H26N2/c1-10-4-5-12(8-10)14-9-11(2)15(3)13-6-7-13/h10-14H,4-9H2,1-3H3. The summed E-state index contributed by atoms with van der Waals surface area (Å²) in [6, 6.07) is 2.40. The Morgan fingerprint density at radius 3 is 2.53 bits per heavy atom. The summed E-state index contributed by atoms with van der Waals surface area (Å²) >= 11 is 0. The highest BCUT2D eigenvalue weighted by molar-refractivity contribution is 4.87. The van der Waals surface area contributed by atoms with Crippen LogP contribution in [0, 0.1) is 5.92 Å². The van der Waals surface area contributed by atoms with Crippen LogP contribution in [0.5, 0.6) is 0 Å². The summed E-state index contributed by atoms with van der Waals surface area (Å²) in [6.45, 7) is 5.90. The molecule has 0 heterocycles. The van der Waals surface area contributed by atoms with Crippen molar-refractivity contribution in [1.82, 2.24) is 10.2 Å². The molecule has 0 aromatic heterocycles. The minimum atomic E-state index is 0.702. The highest BCUT2D eigenvalue weighted by Crippen LogP contribution is 2.27. The fourth-order valence-corrected chi connectivity index (χ4v) is 2.72. The highest BCUT2D eigenvalue weighted by Gasteiger charge is 2.29. The number of nitrogens with zero attached hydrogens (tertiary/aromatic N) is 1. The van der Waals surface area contributed by atoms with E-state index < -0.39 is 0 Å². The van der Waals surface area contributed by atoms with Crippen LogP contribution in [0.4, 0.5) is 0 Å². The number of likely N-dealkylation sites (N-methyl/N-ethyl adjacent to an activating group) is 1. The van der Waals surface area contributed by atoms with Crippen LogP contribution < -0.4 is 5.32 Å². The zero-order chi connectivity index (χ0) is 10.8. The lowest BCUT2D eigenvalue weighted by molar-refractivity contribution is 0.235. The molecular formula is C13H26N2. The van der Waals surface area contributed by atoms with Gasteiger partial charge in [0, 0.05) is 24.7 Å². The van der Waals surface area contributed by atoms with E-state index in [-0.39, 0.29) is 0 Å². The largest absolute Gasteiger partial charge is 0.312 e. The monoisotopic (exact) mass is 210 g/mol. The third-order valence-corrected chi connectivity index (χ3v) is 4.21. The number of hydrogen-bond donors (Lipinski definition) is 1. The lowest BCUT2D eigenvalue weighted by Crippen LogP contribution is -2.42. The van der Waals surface area contributed by atoms with Gasteiger partial charge in [0.1, 0.15) is 0 Å². The normalized spacial score (nSPS) is 33.6. The van der Waals surface area contributed by atoms with Crippen LogP contribution >= 0.6 is 0 Å². The molecule has 2 nitrogen and oxygen atoms in total. The molecule has 0 radical (unpaired) electrons. The molecule has 3 unspecified atom stereocenters. The van der Waals surface area contributed by atoms with Gasteiger partial charge in [-0.25, -0.2) is 0 Å². The van der Waals surface area contributed by atoms with Crippen molar-refractivity contribution in [2.45, 2.75) is 64.1 Å². The Morgan fingerprint density at radius 2 is 2.00 bits per heavy atom. The average Bonchev–Trinajstić information content (AvgIpc) is 2.98. The van der Waals surface area contributed by atoms with E-state index in [1.54, 1.807) is 0 Å². The van der Waals surface area contributed by atoms with E-state index in [2.05, 4.69) is 31.1 Å². The minimum absolute atomic E-state index is 0.702. The molecule has 2 heteroatoms. The van der Waals surface area contributed by atoms with Gasteiger partial charge in [-0.1, -0.05) is 6.92 Å². The van der Waals surface area contributed by atoms with E-state index >= 15 is 0 Å². The summed E-state index contributed by atoms with van der Waals surface area (Å²) in [4.78, 5) is 2.55. The first-order valence-electron chi connectivity index (χ1n) is 6.62. The summed E-state index contributed by atoms with van der Waals surface area (Å²) in [5.74, 6) is 0.943. The molecule has 2 aliphatic rings. The van der Waals surface area contributed by atoms with Gasteiger partial charge in [-0.2, -0.15) is 0 Å². The average molecular weight is 210 g/mol. The molecule has 1 N–H and O–H groups in total. The van der Waals surface area contributed by atoms with Gasteiger partial charge in [-0.05, 0) is 52.0 Å². The minimum Gasteiger partial charge on any atom is -0.312 e. The van der Waals surface area contributed by atoms with Crippen molar-refractivity contribution >= 4 is 0 Å². The van der Waals surface area contributed by atoms with E-state index in [0.29, 0.717) is 6.04 Å². The van der Waals surface area contributed by atoms with Crippen LogP contribution in [0.15, 0.2) is 0 Å². The zero-order valence-electron chi connectivity index (χ0n) is 10.5. The third-order valence-electron chi connectivity index (χ3n) is 4.21. The van der Waals surface area contributed by atoms with Crippen LogP contribution in [-0.2, 0) is 0 Å². The van der Waals surface area contributed by atoms with E-state index in [1.807, 2.05) is 0 Å². The van der Waals surface area contributed by atoms with Gasteiger partial charge >= 0.3 is 0 Å². The molecule has 0 spiro atoms. The molecule has 0 aromatic rings. The Bertz CT molecular complexity index is 201. The van der Waals surface area contributed by atoms with Crippen LogP contribution in [-0.4, -0.2) is 36.6 Å². The molecule has 88 valence electrons. The molecule has 2 aliphatic carbocycles. The smallest absolute Gasteiger partial charge is 0.0192 e. The second-order valence-electron chi connectivity index (χ2n) is 5.77. The molecule has 2 fully saturated rings. The lowest BCUT2D eigenvalue weighted by Gasteiger charge is -2.26. The lowest BCUT2D eigenvalue weighted by atomic mass is 10.1. The van der Waals surface area contributed by atoms with Crippen LogP contribution in [0.25, 0.3) is 0 Å². The van der Waals surface area contributed by atoms with Gasteiger partial charge in [-0.15, -0.1) is 0 Å². The van der Waals surface area contributed by atoms with Crippen molar-refractivity contribution < 1.29 is 0 Å². The number of nitrogens with one attached hydrogen (secondary N) is 1. The molecule has 2 saturated carbocycles. The molecule has 2 rings (SSSR count). The quantitative estimate of drug-likeness (QED) is 0.749. The van der Waals surface area contributed by atoms with Crippen LogP contribution in [0.2, 0.25) is 0 Å². The van der Waals surface area contributed by atoms with Crippen LogP contribution in [0.3, 0.4) is 0 Å². The topological polar surface area (TPSA) is 15.3 Å². The summed E-state index contributed by atoms with van der Waals surface area (Å²) in [7, 11) is 2.28. The number of rotatable bonds is 5. The van der Waals surface area contributed by atoms with E-state index in [1.165, 1.54) is 38.6 Å². The Hall–Kier alpha value is -0.0800. The molecule has 3 atom stereocenters. The number of hydrogen-bond acceptors (Lipinski definition) is 2. The van der Waals surface area contributed by atoms with Gasteiger partial charge in [0.2, 0.25) is 0 Å². The van der Waals surface area contributed by atoms with Crippen molar-refractivity contribution in [2.24, 2.45) is 5.92 Å². The maximum absolute atomic E-state index is 3.73. The molecule has 15 heavy (non-hydrogen) atoms. The van der Waals surface area contributed by atoms with E-state index in [0.717, 1.165) is 18.0 Å². The van der Waals surface area contributed by atoms with Gasteiger partial charge < -0.3 is 5.32 Å². The zero-order valence-corrected chi connectivity index (χ0v) is 10.5. The summed E-state index contributed by atoms with van der Waals surface area (Å²) in [5, 5.41) is 3.73. The molecular weight excluding hydrogens is 184 g/mol. The van der Waals surface area contributed by atoms with E-state index in [9.17, 15) is 0 Å². The van der Waals surface area contributed by atoms with Gasteiger partial charge in [-0.3, -0.25) is 4.90 Å². The van der Waals surface area contributed by atoms with Crippen molar-refractivity contribution in [3.63, 3.8) is 0 Å². The van der Waals surface area contributed by atoms with E-state index in [4.69, 9.17) is 0 Å². The highest BCUT2D eigenvalue weighted by atomic mass is 15.2. The summed E-state index contributed by atoms with van der Waals surface area (Å²) in [6.07, 6.45) is 7.04. The SMILES string of the molecule is CC1CCC(NCC(C)N(C)C2CC2)C1. The second-order valence-corrected chi connectivity index (χ2v) is 5.77. The fourth-order valence-electron chi connectivity index (χ4n) is 2.72.